The molecule has 2 aromatic carbocycles. The first-order valence-corrected chi connectivity index (χ1v) is 8.74. The maximum absolute atomic E-state index is 9.51. The first kappa shape index (κ1) is 16.4. The maximum atomic E-state index is 9.51. The van der Waals surface area contributed by atoms with Gasteiger partial charge in [-0.3, -0.25) is 0 Å². The maximum Gasteiger partial charge on any atom is 0.169 e. The highest BCUT2D eigenvalue weighted by Gasteiger charge is 2.16. The Kier molecular flexibility index (Phi) is 5.02. The number of hydrogen-bond donors (Lipinski definition) is 0. The monoisotopic (exact) mass is 333 g/mol. The number of imidazole rings is 1. The molecule has 3 rings (SSSR count). The van der Waals surface area contributed by atoms with Gasteiger partial charge in [-0.15, -0.1) is 0 Å². The van der Waals surface area contributed by atoms with Gasteiger partial charge in [-0.2, -0.15) is 5.26 Å². The van der Waals surface area contributed by atoms with Crippen molar-refractivity contribution in [1.82, 2.24) is 9.55 Å². The molecule has 0 saturated carbocycles. The van der Waals surface area contributed by atoms with Gasteiger partial charge in [-0.05, 0) is 24.5 Å². The van der Waals surface area contributed by atoms with Crippen molar-refractivity contribution >= 4 is 11.8 Å². The Morgan fingerprint density at radius 2 is 1.83 bits per heavy atom. The minimum absolute atomic E-state index is 0.155. The van der Waals surface area contributed by atoms with Crippen LogP contribution in [0, 0.1) is 18.3 Å². The molecule has 1 heterocycles. The lowest BCUT2D eigenvalue weighted by atomic mass is 10.1. The minimum atomic E-state index is -0.155. The van der Waals surface area contributed by atoms with Crippen LogP contribution in [-0.4, -0.2) is 14.8 Å². The van der Waals surface area contributed by atoms with Gasteiger partial charge in [0.25, 0.3) is 0 Å². The molecule has 0 spiro atoms. The predicted octanol–water partition coefficient (Wildman–Crippen LogP) is 4.62. The first-order chi connectivity index (χ1) is 11.7. The van der Waals surface area contributed by atoms with Crippen molar-refractivity contribution in [2.45, 2.75) is 23.8 Å². The fourth-order valence-corrected chi connectivity index (χ4v) is 3.51. The van der Waals surface area contributed by atoms with Crippen molar-refractivity contribution in [3.63, 3.8) is 0 Å². The lowest BCUT2D eigenvalue weighted by Crippen LogP contribution is -2.06. The number of aromatic nitrogens is 2. The fourth-order valence-electron chi connectivity index (χ4n) is 2.56. The SMILES string of the molecule is Cc1ccc(C[C@@H](C#N)Sc2ncc(-c3ccccc3)n2C)cc1. The van der Waals surface area contributed by atoms with E-state index in [1.54, 1.807) is 0 Å². The fraction of sp³-hybridized carbons (Fsp3) is 0.200. The summed E-state index contributed by atoms with van der Waals surface area (Å²) < 4.78 is 2.06. The largest absolute Gasteiger partial charge is 0.322 e. The van der Waals surface area contributed by atoms with Crippen molar-refractivity contribution in [3.05, 3.63) is 71.9 Å². The van der Waals surface area contributed by atoms with Crippen LogP contribution in [0.3, 0.4) is 0 Å². The smallest absolute Gasteiger partial charge is 0.169 e. The second kappa shape index (κ2) is 7.37. The second-order valence-electron chi connectivity index (χ2n) is 5.78. The number of nitrogens with zero attached hydrogens (tertiary/aromatic N) is 3. The van der Waals surface area contributed by atoms with Gasteiger partial charge in [0, 0.05) is 7.05 Å². The Morgan fingerprint density at radius 3 is 2.50 bits per heavy atom. The van der Waals surface area contributed by atoms with E-state index in [0.29, 0.717) is 0 Å². The van der Waals surface area contributed by atoms with E-state index in [0.717, 1.165) is 22.8 Å². The average molecular weight is 333 g/mol. The lowest BCUT2D eigenvalue weighted by Gasteiger charge is -2.10. The van der Waals surface area contributed by atoms with Gasteiger partial charge in [0.1, 0.15) is 5.25 Å². The molecule has 0 aliphatic carbocycles. The van der Waals surface area contributed by atoms with E-state index in [1.165, 1.54) is 22.9 Å². The quantitative estimate of drug-likeness (QED) is 0.640. The summed E-state index contributed by atoms with van der Waals surface area (Å²) >= 11 is 1.52. The Bertz CT molecular complexity index is 845. The third-order valence-electron chi connectivity index (χ3n) is 3.95. The average Bonchev–Trinajstić information content (AvgIpc) is 2.97. The second-order valence-corrected chi connectivity index (χ2v) is 6.95. The minimum Gasteiger partial charge on any atom is -0.322 e. The number of aryl methyl sites for hydroxylation is 1. The van der Waals surface area contributed by atoms with Gasteiger partial charge in [-0.1, -0.05) is 71.9 Å². The molecule has 0 bridgehead atoms. The zero-order chi connectivity index (χ0) is 16.9. The number of rotatable bonds is 5. The van der Waals surface area contributed by atoms with Gasteiger partial charge < -0.3 is 4.57 Å². The molecule has 1 atom stereocenters. The van der Waals surface area contributed by atoms with Crippen LogP contribution >= 0.6 is 11.8 Å². The van der Waals surface area contributed by atoms with Crippen LogP contribution in [0.15, 0.2) is 66.0 Å². The highest BCUT2D eigenvalue weighted by Crippen LogP contribution is 2.28. The Hall–Kier alpha value is -2.51. The van der Waals surface area contributed by atoms with Crippen molar-refractivity contribution in [2.75, 3.05) is 0 Å². The van der Waals surface area contributed by atoms with E-state index >= 15 is 0 Å². The summed E-state index contributed by atoms with van der Waals surface area (Å²) in [5.74, 6) is 0. The van der Waals surface area contributed by atoms with E-state index in [4.69, 9.17) is 0 Å². The van der Waals surface area contributed by atoms with Gasteiger partial charge >= 0.3 is 0 Å². The van der Waals surface area contributed by atoms with Gasteiger partial charge in [-0.25, -0.2) is 4.98 Å². The molecule has 0 unspecified atom stereocenters. The molecule has 0 saturated heterocycles. The zero-order valence-electron chi connectivity index (χ0n) is 13.8. The summed E-state index contributed by atoms with van der Waals surface area (Å²) in [6, 6.07) is 20.9. The summed E-state index contributed by atoms with van der Waals surface area (Å²) in [7, 11) is 2.00. The number of benzene rings is 2. The van der Waals surface area contributed by atoms with E-state index in [2.05, 4.69) is 58.9 Å². The first-order valence-electron chi connectivity index (χ1n) is 7.86. The van der Waals surface area contributed by atoms with Crippen LogP contribution in [0.4, 0.5) is 0 Å². The van der Waals surface area contributed by atoms with Gasteiger partial charge in [0.05, 0.1) is 18.0 Å². The lowest BCUT2D eigenvalue weighted by molar-refractivity contribution is 0.793. The van der Waals surface area contributed by atoms with Crippen LogP contribution in [0.25, 0.3) is 11.3 Å². The summed E-state index contributed by atoms with van der Waals surface area (Å²) in [5.41, 5.74) is 4.60. The molecule has 24 heavy (non-hydrogen) atoms. The van der Waals surface area contributed by atoms with Gasteiger partial charge in [0.15, 0.2) is 5.16 Å². The third-order valence-corrected chi connectivity index (χ3v) is 5.10. The van der Waals surface area contributed by atoms with Crippen LogP contribution in [-0.2, 0) is 13.5 Å². The Morgan fingerprint density at radius 1 is 1.12 bits per heavy atom. The molecule has 4 heteroatoms. The number of hydrogen-bond acceptors (Lipinski definition) is 3. The van der Waals surface area contributed by atoms with Crippen LogP contribution < -0.4 is 0 Å². The molecular weight excluding hydrogens is 314 g/mol. The molecular formula is C20H19N3S. The van der Waals surface area contributed by atoms with Crippen molar-refractivity contribution in [3.8, 4) is 17.3 Å². The molecule has 0 radical (unpaired) electrons. The predicted molar refractivity (Wildman–Crippen MR) is 98.8 cm³/mol. The van der Waals surface area contributed by atoms with E-state index in [-0.39, 0.29) is 5.25 Å². The third kappa shape index (κ3) is 3.69. The molecule has 1 aromatic heterocycles. The van der Waals surface area contributed by atoms with Gasteiger partial charge in [0.2, 0.25) is 0 Å². The van der Waals surface area contributed by atoms with Crippen LogP contribution in [0.2, 0.25) is 0 Å². The Labute approximate surface area is 147 Å². The van der Waals surface area contributed by atoms with Crippen LogP contribution in [0.1, 0.15) is 11.1 Å². The molecule has 0 N–H and O–H groups in total. The highest BCUT2D eigenvalue weighted by atomic mass is 32.2. The molecule has 0 amide bonds. The normalized spacial score (nSPS) is 11.9. The van der Waals surface area contributed by atoms with E-state index in [1.807, 2.05) is 31.4 Å². The van der Waals surface area contributed by atoms with Crippen molar-refractivity contribution in [1.29, 1.82) is 5.26 Å². The summed E-state index contributed by atoms with van der Waals surface area (Å²) in [6.07, 6.45) is 2.59. The van der Waals surface area contributed by atoms with E-state index < -0.39 is 0 Å². The molecule has 3 nitrogen and oxygen atoms in total. The standard InChI is InChI=1S/C20H19N3S/c1-15-8-10-16(11-9-15)12-18(13-21)24-20-22-14-19(23(20)2)17-6-4-3-5-7-17/h3-11,14,18H,12H2,1-2H3/t18-/m0/s1. The summed E-state index contributed by atoms with van der Waals surface area (Å²) in [6.45, 7) is 2.07. The summed E-state index contributed by atoms with van der Waals surface area (Å²) in [5, 5.41) is 10.2. The number of thioether (sulfide) groups is 1. The number of nitriles is 1. The van der Waals surface area contributed by atoms with Crippen molar-refractivity contribution in [2.24, 2.45) is 7.05 Å². The van der Waals surface area contributed by atoms with Crippen molar-refractivity contribution < 1.29 is 0 Å². The topological polar surface area (TPSA) is 41.6 Å². The molecule has 0 aliphatic rings. The Balaban J connectivity index is 1.76. The zero-order valence-corrected chi connectivity index (χ0v) is 14.6. The summed E-state index contributed by atoms with van der Waals surface area (Å²) in [4.78, 5) is 4.51. The molecule has 3 aromatic rings. The van der Waals surface area contributed by atoms with Crippen LogP contribution in [0.5, 0.6) is 0 Å². The molecule has 0 fully saturated rings. The highest BCUT2D eigenvalue weighted by molar-refractivity contribution is 8.00. The van der Waals surface area contributed by atoms with E-state index in [9.17, 15) is 5.26 Å². The molecule has 0 aliphatic heterocycles. The molecule has 120 valence electrons.